The SMILES string of the molecule is CCCOc1ncccc1CN=C(NCC)NCC(C)(O)CN1CCOCC1. The zero-order valence-electron chi connectivity index (χ0n) is 17.4. The first-order valence-electron chi connectivity index (χ1n) is 10.2. The van der Waals surface area contributed by atoms with Gasteiger partial charge in [-0.15, -0.1) is 0 Å². The number of morpholine rings is 1. The summed E-state index contributed by atoms with van der Waals surface area (Å²) in [6.45, 7) is 11.9. The lowest BCUT2D eigenvalue weighted by Gasteiger charge is -2.34. The van der Waals surface area contributed by atoms with E-state index in [1.54, 1.807) is 6.20 Å². The standard InChI is InChI=1S/C20H35N5O3/c1-4-11-28-18-17(7-6-8-22-18)14-23-19(21-5-2)24-15-20(3,26)16-25-9-12-27-13-10-25/h6-8,26H,4-5,9-16H2,1-3H3,(H2,21,23,24). The van der Waals surface area contributed by atoms with E-state index < -0.39 is 5.60 Å². The summed E-state index contributed by atoms with van der Waals surface area (Å²) in [4.78, 5) is 11.2. The summed E-state index contributed by atoms with van der Waals surface area (Å²) in [7, 11) is 0. The van der Waals surface area contributed by atoms with Crippen molar-refractivity contribution >= 4 is 5.96 Å². The van der Waals surface area contributed by atoms with Gasteiger partial charge in [0.15, 0.2) is 5.96 Å². The number of aromatic nitrogens is 1. The third-order valence-corrected chi connectivity index (χ3v) is 4.35. The highest BCUT2D eigenvalue weighted by Gasteiger charge is 2.25. The van der Waals surface area contributed by atoms with Gasteiger partial charge in [0.25, 0.3) is 0 Å². The molecule has 1 saturated heterocycles. The molecule has 0 saturated carbocycles. The van der Waals surface area contributed by atoms with Crippen LogP contribution in [0.2, 0.25) is 0 Å². The molecular formula is C20H35N5O3. The molecule has 3 N–H and O–H groups in total. The minimum atomic E-state index is -0.864. The number of hydrogen-bond donors (Lipinski definition) is 3. The highest BCUT2D eigenvalue weighted by molar-refractivity contribution is 5.79. The normalized spacial score (nSPS) is 17.8. The molecule has 1 fully saturated rings. The lowest BCUT2D eigenvalue weighted by atomic mass is 10.1. The molecule has 1 atom stereocenters. The second-order valence-electron chi connectivity index (χ2n) is 7.25. The van der Waals surface area contributed by atoms with Crippen LogP contribution in [0.15, 0.2) is 23.3 Å². The Morgan fingerprint density at radius 3 is 2.86 bits per heavy atom. The second kappa shape index (κ2) is 11.8. The molecule has 1 aliphatic heterocycles. The predicted molar refractivity (Wildman–Crippen MR) is 111 cm³/mol. The molecule has 0 spiro atoms. The largest absolute Gasteiger partial charge is 0.477 e. The van der Waals surface area contributed by atoms with Crippen LogP contribution in [-0.2, 0) is 11.3 Å². The molecular weight excluding hydrogens is 358 g/mol. The number of pyridine rings is 1. The van der Waals surface area contributed by atoms with Gasteiger partial charge in [0, 0.05) is 44.5 Å². The number of guanidine groups is 1. The van der Waals surface area contributed by atoms with Crippen LogP contribution < -0.4 is 15.4 Å². The third kappa shape index (κ3) is 8.00. The van der Waals surface area contributed by atoms with Crippen LogP contribution >= 0.6 is 0 Å². The quantitative estimate of drug-likeness (QED) is 0.404. The van der Waals surface area contributed by atoms with Crippen molar-refractivity contribution in [2.75, 3.05) is 52.5 Å². The third-order valence-electron chi connectivity index (χ3n) is 4.35. The molecule has 2 rings (SSSR count). The molecule has 28 heavy (non-hydrogen) atoms. The van der Waals surface area contributed by atoms with Gasteiger partial charge in [0.1, 0.15) is 0 Å². The maximum absolute atomic E-state index is 10.8. The molecule has 0 amide bonds. The first-order chi connectivity index (χ1) is 13.5. The molecule has 1 aliphatic rings. The van der Waals surface area contributed by atoms with E-state index in [-0.39, 0.29) is 0 Å². The van der Waals surface area contributed by atoms with Crippen molar-refractivity contribution in [1.82, 2.24) is 20.5 Å². The molecule has 8 heteroatoms. The first-order valence-corrected chi connectivity index (χ1v) is 10.2. The maximum atomic E-state index is 10.8. The lowest BCUT2D eigenvalue weighted by Crippen LogP contribution is -2.52. The van der Waals surface area contributed by atoms with E-state index >= 15 is 0 Å². The number of β-amino-alcohol motifs (C(OH)–C–C–N with tert-alkyl or cyclic N) is 1. The Kier molecular flexibility index (Phi) is 9.46. The average molecular weight is 394 g/mol. The smallest absolute Gasteiger partial charge is 0.218 e. The van der Waals surface area contributed by atoms with Gasteiger partial charge in [-0.2, -0.15) is 0 Å². The van der Waals surface area contributed by atoms with Crippen molar-refractivity contribution in [2.45, 2.75) is 39.3 Å². The van der Waals surface area contributed by atoms with Gasteiger partial charge in [0.05, 0.1) is 32.0 Å². The molecule has 1 aromatic rings. The van der Waals surface area contributed by atoms with Gasteiger partial charge in [-0.3, -0.25) is 4.90 Å². The van der Waals surface area contributed by atoms with E-state index in [0.717, 1.165) is 44.8 Å². The zero-order chi connectivity index (χ0) is 20.2. The number of hydrogen-bond acceptors (Lipinski definition) is 6. The summed E-state index contributed by atoms with van der Waals surface area (Å²) in [5, 5.41) is 17.2. The van der Waals surface area contributed by atoms with E-state index in [0.29, 0.717) is 38.1 Å². The fourth-order valence-electron chi connectivity index (χ4n) is 2.95. The van der Waals surface area contributed by atoms with Crippen molar-refractivity contribution in [3.05, 3.63) is 23.9 Å². The Hall–Kier alpha value is -1.90. The van der Waals surface area contributed by atoms with Crippen LogP contribution in [0, 0.1) is 0 Å². The van der Waals surface area contributed by atoms with Crippen molar-refractivity contribution in [1.29, 1.82) is 0 Å². The highest BCUT2D eigenvalue weighted by Crippen LogP contribution is 2.15. The summed E-state index contributed by atoms with van der Waals surface area (Å²) in [5.41, 5.74) is 0.0743. The second-order valence-corrected chi connectivity index (χ2v) is 7.25. The number of nitrogens with one attached hydrogen (secondary N) is 2. The van der Waals surface area contributed by atoms with Crippen LogP contribution in [0.5, 0.6) is 5.88 Å². The summed E-state index contributed by atoms with van der Waals surface area (Å²) < 4.78 is 11.1. The van der Waals surface area contributed by atoms with Crippen molar-refractivity contribution < 1.29 is 14.6 Å². The van der Waals surface area contributed by atoms with Crippen LogP contribution in [-0.4, -0.2) is 79.1 Å². The van der Waals surface area contributed by atoms with Crippen molar-refractivity contribution in [3.8, 4) is 5.88 Å². The van der Waals surface area contributed by atoms with Gasteiger partial charge in [0.2, 0.25) is 5.88 Å². The Bertz CT molecular complexity index is 603. The molecule has 0 aliphatic carbocycles. The van der Waals surface area contributed by atoms with Crippen LogP contribution in [0.3, 0.4) is 0 Å². The Morgan fingerprint density at radius 2 is 2.14 bits per heavy atom. The van der Waals surface area contributed by atoms with E-state index in [9.17, 15) is 5.11 Å². The number of ether oxygens (including phenoxy) is 2. The Morgan fingerprint density at radius 1 is 1.36 bits per heavy atom. The molecule has 0 aromatic carbocycles. The van der Waals surface area contributed by atoms with E-state index in [4.69, 9.17) is 9.47 Å². The molecule has 158 valence electrons. The Labute approximate surface area is 168 Å². The fraction of sp³-hybridized carbons (Fsp3) is 0.700. The van der Waals surface area contributed by atoms with Crippen LogP contribution in [0.1, 0.15) is 32.8 Å². The van der Waals surface area contributed by atoms with Gasteiger partial charge in [-0.1, -0.05) is 13.0 Å². The van der Waals surface area contributed by atoms with Gasteiger partial charge >= 0.3 is 0 Å². The summed E-state index contributed by atoms with van der Waals surface area (Å²) in [5.74, 6) is 1.29. The minimum Gasteiger partial charge on any atom is -0.477 e. The number of nitrogens with zero attached hydrogens (tertiary/aromatic N) is 3. The minimum absolute atomic E-state index is 0.405. The van der Waals surface area contributed by atoms with E-state index in [2.05, 4.69) is 32.4 Å². The van der Waals surface area contributed by atoms with Gasteiger partial charge < -0.3 is 25.2 Å². The molecule has 0 bridgehead atoms. The summed E-state index contributed by atoms with van der Waals surface area (Å²) in [6.07, 6.45) is 2.66. The average Bonchev–Trinajstić information content (AvgIpc) is 2.69. The zero-order valence-corrected chi connectivity index (χ0v) is 17.4. The maximum Gasteiger partial charge on any atom is 0.218 e. The Balaban J connectivity index is 1.92. The van der Waals surface area contributed by atoms with Crippen LogP contribution in [0.25, 0.3) is 0 Å². The number of aliphatic imine (C=N–C) groups is 1. The lowest BCUT2D eigenvalue weighted by molar-refractivity contribution is -0.0201. The predicted octanol–water partition coefficient (Wildman–Crippen LogP) is 1.01. The van der Waals surface area contributed by atoms with Crippen molar-refractivity contribution in [3.63, 3.8) is 0 Å². The summed E-state index contributed by atoms with van der Waals surface area (Å²) >= 11 is 0. The van der Waals surface area contributed by atoms with Crippen molar-refractivity contribution in [2.24, 2.45) is 4.99 Å². The van der Waals surface area contributed by atoms with Gasteiger partial charge in [-0.05, 0) is 26.3 Å². The number of aliphatic hydroxyl groups is 1. The molecule has 2 heterocycles. The van der Waals surface area contributed by atoms with Crippen LogP contribution in [0.4, 0.5) is 0 Å². The van der Waals surface area contributed by atoms with Gasteiger partial charge in [-0.25, -0.2) is 9.98 Å². The monoisotopic (exact) mass is 393 g/mol. The summed E-state index contributed by atoms with van der Waals surface area (Å²) in [6, 6.07) is 3.86. The van der Waals surface area contributed by atoms with E-state index in [1.807, 2.05) is 26.0 Å². The molecule has 1 aromatic heterocycles. The molecule has 0 radical (unpaired) electrons. The molecule has 1 unspecified atom stereocenters. The topological polar surface area (TPSA) is 91.2 Å². The fourth-order valence-corrected chi connectivity index (χ4v) is 2.95. The van der Waals surface area contributed by atoms with E-state index in [1.165, 1.54) is 0 Å². The highest BCUT2D eigenvalue weighted by atomic mass is 16.5. The number of rotatable bonds is 10. The molecule has 8 nitrogen and oxygen atoms in total. The first kappa shape index (κ1) is 22.4.